The van der Waals surface area contributed by atoms with E-state index in [-0.39, 0.29) is 5.82 Å². The minimum absolute atomic E-state index is 0.181. The van der Waals surface area contributed by atoms with Gasteiger partial charge < -0.3 is 14.7 Å². The van der Waals surface area contributed by atoms with Crippen LogP contribution in [0.15, 0.2) is 12.5 Å². The molecule has 0 aliphatic carbocycles. The Bertz CT molecular complexity index is 517. The minimum Gasteiger partial charge on any atom is -0.358 e. The van der Waals surface area contributed by atoms with Gasteiger partial charge in [-0.3, -0.25) is 0 Å². The third kappa shape index (κ3) is 2.44. The third-order valence-electron chi connectivity index (χ3n) is 2.17. The van der Waals surface area contributed by atoms with E-state index in [4.69, 9.17) is 0 Å². The summed E-state index contributed by atoms with van der Waals surface area (Å²) in [6, 6.07) is 0. The molecule has 0 unspecified atom stereocenters. The molecule has 0 aliphatic rings. The zero-order chi connectivity index (χ0) is 12.3. The fourth-order valence-corrected chi connectivity index (χ4v) is 1.41. The molecular formula is C8H11N7O2. The van der Waals surface area contributed by atoms with Gasteiger partial charge in [-0.1, -0.05) is 6.92 Å². The highest BCUT2D eigenvalue weighted by molar-refractivity contribution is 5.12. The van der Waals surface area contributed by atoms with Crippen LogP contribution in [0.25, 0.3) is 0 Å². The lowest BCUT2D eigenvalue weighted by molar-refractivity contribution is -0.389. The molecule has 0 saturated carbocycles. The molecule has 0 fully saturated rings. The van der Waals surface area contributed by atoms with Crippen molar-refractivity contribution in [2.24, 2.45) is 0 Å². The molecule has 0 aliphatic heterocycles. The number of nitrogens with zero attached hydrogens (tertiary/aromatic N) is 7. The fourth-order valence-electron chi connectivity index (χ4n) is 1.41. The molecule has 0 bridgehead atoms. The lowest BCUT2D eigenvalue weighted by Gasteiger charge is -2.01. The van der Waals surface area contributed by atoms with E-state index >= 15 is 0 Å². The zero-order valence-corrected chi connectivity index (χ0v) is 9.22. The lowest BCUT2D eigenvalue weighted by atomic mass is 10.4. The molecule has 90 valence electrons. The highest BCUT2D eigenvalue weighted by atomic mass is 16.6. The van der Waals surface area contributed by atoms with Gasteiger partial charge in [-0.05, 0) is 26.8 Å². The Morgan fingerprint density at radius 3 is 3.00 bits per heavy atom. The minimum atomic E-state index is -0.536. The predicted octanol–water partition coefficient (Wildman–Crippen LogP) is 0.236. The average Bonchev–Trinajstić information content (AvgIpc) is 2.90. The van der Waals surface area contributed by atoms with Crippen LogP contribution >= 0.6 is 0 Å². The summed E-state index contributed by atoms with van der Waals surface area (Å²) in [6.45, 7) is 3.11. The molecule has 0 N–H and O–H groups in total. The maximum Gasteiger partial charge on any atom is 0.381 e. The number of aromatic nitrogens is 6. The van der Waals surface area contributed by atoms with Crippen molar-refractivity contribution in [1.29, 1.82) is 0 Å². The van der Waals surface area contributed by atoms with Crippen molar-refractivity contribution in [3.8, 4) is 0 Å². The Morgan fingerprint density at radius 2 is 2.35 bits per heavy atom. The third-order valence-corrected chi connectivity index (χ3v) is 2.17. The molecule has 17 heavy (non-hydrogen) atoms. The van der Waals surface area contributed by atoms with Crippen LogP contribution in [0.1, 0.15) is 19.2 Å². The number of hydrogen-bond acceptors (Lipinski definition) is 6. The van der Waals surface area contributed by atoms with Gasteiger partial charge in [0.1, 0.15) is 6.20 Å². The predicted molar refractivity (Wildman–Crippen MR) is 56.1 cm³/mol. The van der Waals surface area contributed by atoms with Gasteiger partial charge >= 0.3 is 5.82 Å². The number of imidazole rings is 1. The molecule has 2 rings (SSSR count). The molecule has 0 atom stereocenters. The Kier molecular flexibility index (Phi) is 3.08. The molecule has 0 radical (unpaired) electrons. The monoisotopic (exact) mass is 237 g/mol. The summed E-state index contributed by atoms with van der Waals surface area (Å²) in [7, 11) is 0. The summed E-state index contributed by atoms with van der Waals surface area (Å²) in [5.41, 5.74) is 0. The van der Waals surface area contributed by atoms with E-state index in [0.717, 1.165) is 13.0 Å². The van der Waals surface area contributed by atoms with Crippen molar-refractivity contribution in [2.75, 3.05) is 0 Å². The van der Waals surface area contributed by atoms with Crippen LogP contribution in [-0.4, -0.2) is 34.7 Å². The molecule has 9 heteroatoms. The molecule has 2 aromatic heterocycles. The Morgan fingerprint density at radius 1 is 1.53 bits per heavy atom. The number of aryl methyl sites for hydroxylation is 1. The van der Waals surface area contributed by atoms with E-state index in [1.54, 1.807) is 9.25 Å². The van der Waals surface area contributed by atoms with E-state index in [0.29, 0.717) is 12.4 Å². The average molecular weight is 237 g/mol. The summed E-state index contributed by atoms with van der Waals surface area (Å²) in [5.74, 6) is 0.471. The standard InChI is InChI=1S/C8H11N7O2/c1-2-3-14-8(10-11-12-14)5-13-4-7(9-6-13)15(16)17/h4,6H,2-3,5H2,1H3. The van der Waals surface area contributed by atoms with Crippen molar-refractivity contribution in [3.05, 3.63) is 28.5 Å². The van der Waals surface area contributed by atoms with Gasteiger partial charge in [0, 0.05) is 6.54 Å². The Labute approximate surface area is 96.2 Å². The second kappa shape index (κ2) is 4.68. The van der Waals surface area contributed by atoms with Gasteiger partial charge in [0.25, 0.3) is 0 Å². The number of tetrazole rings is 1. The van der Waals surface area contributed by atoms with Crippen LogP contribution in [0.3, 0.4) is 0 Å². The van der Waals surface area contributed by atoms with E-state index in [2.05, 4.69) is 20.5 Å². The summed E-state index contributed by atoms with van der Waals surface area (Å²) < 4.78 is 3.25. The fraction of sp³-hybridized carbons (Fsp3) is 0.500. The lowest BCUT2D eigenvalue weighted by Crippen LogP contribution is -2.09. The zero-order valence-electron chi connectivity index (χ0n) is 9.22. The van der Waals surface area contributed by atoms with Crippen LogP contribution in [0, 0.1) is 10.1 Å². The van der Waals surface area contributed by atoms with Crippen LogP contribution in [0.5, 0.6) is 0 Å². The quantitative estimate of drug-likeness (QED) is 0.544. The first-order valence-corrected chi connectivity index (χ1v) is 5.12. The van der Waals surface area contributed by atoms with Crippen LogP contribution in [0.4, 0.5) is 5.82 Å². The first-order chi connectivity index (χ1) is 8.20. The first-order valence-electron chi connectivity index (χ1n) is 5.12. The molecule has 0 aromatic carbocycles. The highest BCUT2D eigenvalue weighted by Gasteiger charge is 2.12. The van der Waals surface area contributed by atoms with Gasteiger partial charge in [0.05, 0.1) is 6.54 Å². The van der Waals surface area contributed by atoms with Crippen LogP contribution in [0.2, 0.25) is 0 Å². The molecule has 0 spiro atoms. The van der Waals surface area contributed by atoms with Gasteiger partial charge in [-0.25, -0.2) is 4.68 Å². The maximum atomic E-state index is 10.5. The summed E-state index contributed by atoms with van der Waals surface area (Å²) in [5, 5.41) is 21.7. The van der Waals surface area contributed by atoms with Crippen LogP contribution < -0.4 is 0 Å². The highest BCUT2D eigenvalue weighted by Crippen LogP contribution is 2.07. The van der Waals surface area contributed by atoms with E-state index in [1.807, 2.05) is 6.92 Å². The largest absolute Gasteiger partial charge is 0.381 e. The Hall–Kier alpha value is -2.32. The molecule has 0 saturated heterocycles. The van der Waals surface area contributed by atoms with Gasteiger partial charge in [0.2, 0.25) is 6.33 Å². The van der Waals surface area contributed by atoms with Gasteiger partial charge in [-0.2, -0.15) is 0 Å². The topological polar surface area (TPSA) is 105 Å². The molecule has 0 amide bonds. The molecule has 2 heterocycles. The second-order valence-electron chi connectivity index (χ2n) is 3.48. The smallest absolute Gasteiger partial charge is 0.358 e. The normalized spacial score (nSPS) is 10.6. The van der Waals surface area contributed by atoms with E-state index in [9.17, 15) is 10.1 Å². The van der Waals surface area contributed by atoms with Crippen molar-refractivity contribution < 1.29 is 4.92 Å². The molecule has 9 nitrogen and oxygen atoms in total. The van der Waals surface area contributed by atoms with Crippen LogP contribution in [-0.2, 0) is 13.1 Å². The molecule has 2 aromatic rings. The number of rotatable bonds is 5. The summed E-state index contributed by atoms with van der Waals surface area (Å²) >= 11 is 0. The number of nitro groups is 1. The first kappa shape index (κ1) is 11.2. The Balaban J connectivity index is 2.13. The summed E-state index contributed by atoms with van der Waals surface area (Å²) in [6.07, 6.45) is 3.66. The van der Waals surface area contributed by atoms with Crippen molar-refractivity contribution >= 4 is 5.82 Å². The van der Waals surface area contributed by atoms with E-state index in [1.165, 1.54) is 12.5 Å². The van der Waals surface area contributed by atoms with Gasteiger partial charge in [-0.15, -0.1) is 5.10 Å². The van der Waals surface area contributed by atoms with Crippen molar-refractivity contribution in [2.45, 2.75) is 26.4 Å². The van der Waals surface area contributed by atoms with E-state index < -0.39 is 4.92 Å². The second-order valence-corrected chi connectivity index (χ2v) is 3.48. The summed E-state index contributed by atoms with van der Waals surface area (Å²) in [4.78, 5) is 13.6. The molecular weight excluding hydrogens is 226 g/mol. The van der Waals surface area contributed by atoms with Gasteiger partial charge in [0.15, 0.2) is 5.82 Å². The number of hydrogen-bond donors (Lipinski definition) is 0. The van der Waals surface area contributed by atoms with Crippen molar-refractivity contribution in [3.63, 3.8) is 0 Å². The maximum absolute atomic E-state index is 10.5. The SMILES string of the molecule is CCCn1nnnc1Cn1cnc([N+](=O)[O-])c1. The van der Waals surface area contributed by atoms with Crippen molar-refractivity contribution in [1.82, 2.24) is 29.8 Å².